The molecule has 0 amide bonds. The Morgan fingerprint density at radius 1 is 1.50 bits per heavy atom. The zero-order chi connectivity index (χ0) is 10.3. The minimum atomic E-state index is -0.399. The Balaban J connectivity index is 2.88. The van der Waals surface area contributed by atoms with Gasteiger partial charge in [0, 0.05) is 7.05 Å². The summed E-state index contributed by atoms with van der Waals surface area (Å²) in [6, 6.07) is 3.57. The summed E-state index contributed by atoms with van der Waals surface area (Å²) < 4.78 is 14.7. The van der Waals surface area contributed by atoms with Crippen LogP contribution in [0, 0.1) is 12.9 Å². The lowest BCUT2D eigenvalue weighted by Crippen LogP contribution is -2.15. The molecule has 0 saturated carbocycles. The van der Waals surface area contributed by atoms with Crippen molar-refractivity contribution >= 4 is 23.8 Å². The van der Waals surface area contributed by atoms with Gasteiger partial charge in [-0.15, -0.1) is 0 Å². The predicted octanol–water partition coefficient (Wildman–Crippen LogP) is -0.0101. The van der Waals surface area contributed by atoms with Crippen LogP contribution in [0.25, 0.3) is 10.9 Å². The quantitative estimate of drug-likeness (QED) is 0.645. The van der Waals surface area contributed by atoms with Gasteiger partial charge in [-0.05, 0) is 24.0 Å². The Kier molecular flexibility index (Phi) is 2.04. The molecule has 1 aromatic carbocycles. The molecule has 0 unspecified atom stereocenters. The molecule has 2 rings (SSSR count). The van der Waals surface area contributed by atoms with E-state index in [9.17, 15) is 4.39 Å². The van der Waals surface area contributed by atoms with Gasteiger partial charge in [-0.3, -0.25) is 0 Å². The van der Waals surface area contributed by atoms with Crippen LogP contribution in [-0.2, 0) is 7.05 Å². The summed E-state index contributed by atoms with van der Waals surface area (Å²) in [5.74, 6) is -0.399. The van der Waals surface area contributed by atoms with Gasteiger partial charge in [0.25, 0.3) is 0 Å². The lowest BCUT2D eigenvalue weighted by atomic mass is 9.85. The molecule has 72 valence electrons. The van der Waals surface area contributed by atoms with Crippen molar-refractivity contribution in [3.63, 3.8) is 0 Å². The van der Waals surface area contributed by atoms with Crippen LogP contribution in [-0.4, -0.2) is 22.3 Å². The van der Waals surface area contributed by atoms with E-state index < -0.39 is 5.95 Å². The van der Waals surface area contributed by atoms with Gasteiger partial charge < -0.3 is 5.02 Å². The highest BCUT2D eigenvalue weighted by molar-refractivity contribution is 6.50. The van der Waals surface area contributed by atoms with Gasteiger partial charge in [0.05, 0.1) is 10.9 Å². The SMILES string of the molecule is Cc1cc(BO)c2c(F)n(C)nc2c1. The average Bonchev–Trinajstić information content (AvgIpc) is 2.41. The molecule has 3 nitrogen and oxygen atoms in total. The molecule has 0 saturated heterocycles. The number of rotatable bonds is 1. The number of halogens is 1. The van der Waals surface area contributed by atoms with Gasteiger partial charge >= 0.3 is 7.48 Å². The molecule has 1 heterocycles. The number of benzene rings is 1. The summed E-state index contributed by atoms with van der Waals surface area (Å²) in [4.78, 5) is 0. The van der Waals surface area contributed by atoms with Crippen LogP contribution in [0.3, 0.4) is 0 Å². The summed E-state index contributed by atoms with van der Waals surface area (Å²) in [5, 5.41) is 13.5. The molecule has 1 N–H and O–H groups in total. The lowest BCUT2D eigenvalue weighted by molar-refractivity contribution is 0.512. The Hall–Kier alpha value is -1.36. The number of hydrogen-bond donors (Lipinski definition) is 1. The van der Waals surface area contributed by atoms with Crippen molar-refractivity contribution in [2.75, 3.05) is 0 Å². The third-order valence-electron chi connectivity index (χ3n) is 2.26. The van der Waals surface area contributed by atoms with E-state index in [0.29, 0.717) is 16.4 Å². The van der Waals surface area contributed by atoms with E-state index in [0.717, 1.165) is 5.56 Å². The fourth-order valence-electron chi connectivity index (χ4n) is 1.65. The van der Waals surface area contributed by atoms with Gasteiger partial charge in [0.2, 0.25) is 5.95 Å². The smallest absolute Gasteiger partial charge is 0.305 e. The first-order valence-corrected chi connectivity index (χ1v) is 4.36. The molecule has 0 aliphatic heterocycles. The standard InChI is InChI=1S/C9H10BFN2O/c1-5-3-6(10-14)8-7(4-5)12-13(2)9(8)11/h3-4,10,14H,1-2H3. The fraction of sp³-hybridized carbons (Fsp3) is 0.222. The van der Waals surface area contributed by atoms with Crippen LogP contribution in [0.1, 0.15) is 5.56 Å². The fourth-order valence-corrected chi connectivity index (χ4v) is 1.65. The Morgan fingerprint density at radius 2 is 2.21 bits per heavy atom. The molecular formula is C9H10BFN2O. The normalized spacial score (nSPS) is 10.9. The second kappa shape index (κ2) is 3.10. The highest BCUT2D eigenvalue weighted by atomic mass is 19.1. The second-order valence-electron chi connectivity index (χ2n) is 3.39. The molecule has 0 fully saturated rings. The Morgan fingerprint density at radius 3 is 2.86 bits per heavy atom. The number of aromatic nitrogens is 2. The summed E-state index contributed by atoms with van der Waals surface area (Å²) in [7, 11) is 1.38. The molecule has 0 aliphatic carbocycles. The molecule has 0 radical (unpaired) electrons. The van der Waals surface area contributed by atoms with E-state index in [1.54, 1.807) is 19.2 Å². The third kappa shape index (κ3) is 1.21. The Bertz CT molecular complexity index is 495. The zero-order valence-corrected chi connectivity index (χ0v) is 8.08. The van der Waals surface area contributed by atoms with Crippen molar-refractivity contribution in [2.24, 2.45) is 7.05 Å². The monoisotopic (exact) mass is 192 g/mol. The van der Waals surface area contributed by atoms with Crippen LogP contribution in [0.2, 0.25) is 0 Å². The van der Waals surface area contributed by atoms with E-state index in [2.05, 4.69) is 5.10 Å². The maximum Gasteiger partial charge on any atom is 0.305 e. The second-order valence-corrected chi connectivity index (χ2v) is 3.39. The van der Waals surface area contributed by atoms with Gasteiger partial charge in [-0.1, -0.05) is 6.07 Å². The maximum atomic E-state index is 13.5. The first-order valence-electron chi connectivity index (χ1n) is 4.36. The van der Waals surface area contributed by atoms with Gasteiger partial charge in [0.15, 0.2) is 0 Å². The van der Waals surface area contributed by atoms with Crippen molar-refractivity contribution in [3.8, 4) is 0 Å². The van der Waals surface area contributed by atoms with Crippen LogP contribution < -0.4 is 5.46 Å². The topological polar surface area (TPSA) is 38.0 Å². The molecule has 0 bridgehead atoms. The van der Waals surface area contributed by atoms with Crippen molar-refractivity contribution < 1.29 is 9.41 Å². The molecule has 14 heavy (non-hydrogen) atoms. The van der Waals surface area contributed by atoms with Crippen molar-refractivity contribution in [1.29, 1.82) is 0 Å². The van der Waals surface area contributed by atoms with Gasteiger partial charge in [-0.2, -0.15) is 9.49 Å². The average molecular weight is 192 g/mol. The highest BCUT2D eigenvalue weighted by Crippen LogP contribution is 2.15. The largest absolute Gasteiger partial charge is 0.449 e. The van der Waals surface area contributed by atoms with Gasteiger partial charge in [0.1, 0.15) is 0 Å². The first kappa shape index (κ1) is 9.21. The van der Waals surface area contributed by atoms with Crippen LogP contribution in [0.4, 0.5) is 4.39 Å². The van der Waals surface area contributed by atoms with Crippen molar-refractivity contribution in [2.45, 2.75) is 6.92 Å². The molecule has 0 atom stereocenters. The predicted molar refractivity (Wildman–Crippen MR) is 54.4 cm³/mol. The molecule has 0 spiro atoms. The Labute approximate surface area is 81.4 Å². The molecule has 0 aliphatic rings. The van der Waals surface area contributed by atoms with Crippen LogP contribution in [0.15, 0.2) is 12.1 Å². The van der Waals surface area contributed by atoms with Crippen LogP contribution in [0.5, 0.6) is 0 Å². The number of fused-ring (bicyclic) bond motifs is 1. The van der Waals surface area contributed by atoms with E-state index >= 15 is 0 Å². The number of nitrogens with zero attached hydrogens (tertiary/aromatic N) is 2. The first-order chi connectivity index (χ1) is 6.63. The van der Waals surface area contributed by atoms with E-state index in [4.69, 9.17) is 5.02 Å². The molecule has 1 aromatic heterocycles. The molecule has 2 aromatic rings. The highest BCUT2D eigenvalue weighted by Gasteiger charge is 2.13. The van der Waals surface area contributed by atoms with E-state index in [-0.39, 0.29) is 7.48 Å². The summed E-state index contributed by atoms with van der Waals surface area (Å²) in [6.07, 6.45) is 0. The van der Waals surface area contributed by atoms with Crippen molar-refractivity contribution in [3.05, 3.63) is 23.6 Å². The minimum absolute atomic E-state index is 0.166. The number of aryl methyl sites for hydroxylation is 2. The third-order valence-corrected chi connectivity index (χ3v) is 2.26. The van der Waals surface area contributed by atoms with E-state index in [1.165, 1.54) is 4.68 Å². The zero-order valence-electron chi connectivity index (χ0n) is 8.08. The van der Waals surface area contributed by atoms with Crippen LogP contribution >= 0.6 is 0 Å². The van der Waals surface area contributed by atoms with E-state index in [1.807, 2.05) is 6.92 Å². The molecule has 5 heteroatoms. The summed E-state index contributed by atoms with van der Waals surface area (Å²) in [6.45, 7) is 1.89. The lowest BCUT2D eigenvalue weighted by Gasteiger charge is -1.98. The van der Waals surface area contributed by atoms with Gasteiger partial charge in [-0.25, -0.2) is 4.68 Å². The van der Waals surface area contributed by atoms with Crippen molar-refractivity contribution in [1.82, 2.24) is 9.78 Å². The summed E-state index contributed by atoms with van der Waals surface area (Å²) in [5.41, 5.74) is 2.15. The maximum absolute atomic E-state index is 13.5. The number of hydrogen-bond acceptors (Lipinski definition) is 2. The molecular weight excluding hydrogens is 182 g/mol. The minimum Gasteiger partial charge on any atom is -0.449 e. The summed E-state index contributed by atoms with van der Waals surface area (Å²) >= 11 is 0.